The minimum Gasteiger partial charge on any atom is -1.00 e. The molecule has 1 saturated heterocycles. The summed E-state index contributed by atoms with van der Waals surface area (Å²) in [5.74, 6) is 0.261. The number of hydrogen-bond acceptors (Lipinski definition) is 9. The van der Waals surface area contributed by atoms with Crippen LogP contribution in [0.15, 0.2) is 110 Å². The number of carbonyl (C=O) groups excluding carboxylic acids is 2. The monoisotopic (exact) mass is 799 g/mol. The van der Waals surface area contributed by atoms with E-state index in [1.807, 2.05) is 105 Å². The Bertz CT molecular complexity index is 1900. The number of rotatable bonds is 11. The molecule has 1 fully saturated rings. The van der Waals surface area contributed by atoms with Crippen LogP contribution < -0.4 is 34.6 Å². The number of halogens is 1. The van der Waals surface area contributed by atoms with Gasteiger partial charge in [0.2, 0.25) is 12.7 Å². The Labute approximate surface area is 315 Å². The summed E-state index contributed by atoms with van der Waals surface area (Å²) in [6.07, 6.45) is 4.17. The lowest BCUT2D eigenvalue weighted by atomic mass is 10.1. The number of anilines is 3. The van der Waals surface area contributed by atoms with E-state index in [0.29, 0.717) is 21.7 Å². The largest absolute Gasteiger partial charge is 1.00 e. The lowest BCUT2D eigenvalue weighted by Gasteiger charge is -2.41. The van der Waals surface area contributed by atoms with Crippen molar-refractivity contribution in [3.05, 3.63) is 132 Å². The van der Waals surface area contributed by atoms with E-state index in [1.165, 1.54) is 0 Å². The highest BCUT2D eigenvalue weighted by molar-refractivity contribution is 6.04. The Morgan fingerprint density at radius 2 is 1.71 bits per heavy atom. The van der Waals surface area contributed by atoms with Gasteiger partial charge in [0.15, 0.2) is 0 Å². The minimum absolute atomic E-state index is 0. The summed E-state index contributed by atoms with van der Waals surface area (Å²) in [5, 5.41) is 6.30. The van der Waals surface area contributed by atoms with Crippen molar-refractivity contribution in [3.63, 3.8) is 0 Å². The summed E-state index contributed by atoms with van der Waals surface area (Å²) in [7, 11) is 2.10. The zero-order valence-corrected chi connectivity index (χ0v) is 31.1. The third-order valence-corrected chi connectivity index (χ3v) is 8.93. The molecule has 6 rings (SSSR count). The molecule has 5 aromatic rings. The van der Waals surface area contributed by atoms with E-state index in [2.05, 4.69) is 37.5 Å². The summed E-state index contributed by atoms with van der Waals surface area (Å²) < 4.78 is 11.6. The number of pyridine rings is 1. The molecule has 1 aliphatic heterocycles. The van der Waals surface area contributed by atoms with Gasteiger partial charge in [-0.1, -0.05) is 48.5 Å². The van der Waals surface area contributed by atoms with Crippen LogP contribution in [0, 0.1) is 6.92 Å². The Morgan fingerprint density at radius 1 is 0.941 bits per heavy atom. The second-order valence-electron chi connectivity index (χ2n) is 12.9. The highest BCUT2D eigenvalue weighted by atomic mass is 127. The van der Waals surface area contributed by atoms with E-state index in [9.17, 15) is 9.59 Å². The van der Waals surface area contributed by atoms with E-state index in [4.69, 9.17) is 9.47 Å². The molecular formula is C39H42IN7O4. The number of amides is 1. The highest BCUT2D eigenvalue weighted by Crippen LogP contribution is 2.25. The molecule has 2 aromatic heterocycles. The maximum Gasteiger partial charge on any atom is 0.513 e. The molecule has 0 aliphatic carbocycles. The molecule has 1 amide bonds. The SMILES string of the molecule is Cc1ccc(NC(=O)c2ccc(CN3CC[N+](C)(COC(=O)OC(C)c4ccccc4)CC3)cc2)cc1Nc1nccc(-c2cccnc2)n1.[I-]. The fraction of sp³-hybridized carbons (Fsp3) is 0.256. The van der Waals surface area contributed by atoms with Crippen LogP contribution in [0.5, 0.6) is 0 Å². The summed E-state index contributed by atoms with van der Waals surface area (Å²) in [4.78, 5) is 41.1. The standard InChI is InChI=1S/C39H41N7O4.HI/c1-28-11-16-34(24-36(28)44-38-41-19-17-35(43-38)33-10-7-18-40-25-33)42-37(47)32-14-12-30(13-15-32)26-45-20-22-46(3,23-21-45)27-49-39(48)50-29(2)31-8-5-4-6-9-31;/h4-19,24-25,29H,20-23,26-27H2,1-3H3,(H-,41,42,43,44,47);1H. The van der Waals surface area contributed by atoms with Crippen molar-refractivity contribution in [1.29, 1.82) is 0 Å². The first-order valence-electron chi connectivity index (χ1n) is 16.7. The van der Waals surface area contributed by atoms with Gasteiger partial charge in [0, 0.05) is 60.7 Å². The number of ether oxygens (including phenoxy) is 2. The molecule has 0 saturated carbocycles. The van der Waals surface area contributed by atoms with Crippen LogP contribution in [0.4, 0.5) is 22.1 Å². The van der Waals surface area contributed by atoms with Crippen molar-refractivity contribution in [2.24, 2.45) is 0 Å². The summed E-state index contributed by atoms with van der Waals surface area (Å²) in [6.45, 7) is 8.28. The topological polar surface area (TPSA) is 119 Å². The number of piperazine rings is 1. The number of hydrogen-bond donors (Lipinski definition) is 2. The zero-order chi connectivity index (χ0) is 34.9. The predicted octanol–water partition coefficient (Wildman–Crippen LogP) is 3.98. The van der Waals surface area contributed by atoms with Crippen LogP contribution in [-0.2, 0) is 16.0 Å². The number of carbonyl (C=O) groups is 2. The molecule has 12 heteroatoms. The van der Waals surface area contributed by atoms with Gasteiger partial charge in [-0.25, -0.2) is 14.8 Å². The predicted molar refractivity (Wildman–Crippen MR) is 193 cm³/mol. The number of aryl methyl sites for hydroxylation is 1. The van der Waals surface area contributed by atoms with Gasteiger partial charge in [-0.15, -0.1) is 0 Å². The van der Waals surface area contributed by atoms with Gasteiger partial charge >= 0.3 is 6.16 Å². The molecular weight excluding hydrogens is 757 g/mol. The van der Waals surface area contributed by atoms with Gasteiger partial charge in [0.1, 0.15) is 6.10 Å². The summed E-state index contributed by atoms with van der Waals surface area (Å²) >= 11 is 0. The van der Waals surface area contributed by atoms with Crippen molar-refractivity contribution in [2.75, 3.05) is 50.6 Å². The molecule has 3 aromatic carbocycles. The van der Waals surface area contributed by atoms with E-state index in [0.717, 1.165) is 66.4 Å². The smallest absolute Gasteiger partial charge is 0.513 e. The molecule has 0 bridgehead atoms. The van der Waals surface area contributed by atoms with Crippen LogP contribution in [0.25, 0.3) is 11.3 Å². The Hall–Kier alpha value is -4.92. The molecule has 0 spiro atoms. The maximum atomic E-state index is 13.2. The average molecular weight is 800 g/mol. The second kappa shape index (κ2) is 17.3. The van der Waals surface area contributed by atoms with Gasteiger partial charge in [-0.05, 0) is 73.0 Å². The van der Waals surface area contributed by atoms with Gasteiger partial charge in [-0.3, -0.25) is 19.2 Å². The number of aromatic nitrogens is 3. The molecule has 1 aliphatic rings. The van der Waals surface area contributed by atoms with E-state index >= 15 is 0 Å². The molecule has 51 heavy (non-hydrogen) atoms. The Balaban J connectivity index is 0.00000504. The van der Waals surface area contributed by atoms with E-state index in [-0.39, 0.29) is 42.7 Å². The molecule has 1 atom stereocenters. The third-order valence-electron chi connectivity index (χ3n) is 8.93. The normalized spacial score (nSPS) is 14.4. The van der Waals surface area contributed by atoms with Gasteiger partial charge < -0.3 is 44.1 Å². The fourth-order valence-corrected chi connectivity index (χ4v) is 5.73. The van der Waals surface area contributed by atoms with Gasteiger partial charge in [0.05, 0.1) is 25.8 Å². The van der Waals surface area contributed by atoms with Crippen LogP contribution in [-0.4, -0.2) is 76.4 Å². The Morgan fingerprint density at radius 3 is 2.43 bits per heavy atom. The minimum atomic E-state index is -0.649. The highest BCUT2D eigenvalue weighted by Gasteiger charge is 2.30. The van der Waals surface area contributed by atoms with Crippen molar-refractivity contribution < 1.29 is 47.5 Å². The van der Waals surface area contributed by atoms with Crippen LogP contribution >= 0.6 is 0 Å². The summed E-state index contributed by atoms with van der Waals surface area (Å²) in [5.41, 5.74) is 6.73. The first kappa shape index (κ1) is 37.3. The molecule has 2 N–H and O–H groups in total. The second-order valence-corrected chi connectivity index (χ2v) is 12.9. The molecule has 264 valence electrons. The first-order chi connectivity index (χ1) is 24.2. The number of nitrogens with zero attached hydrogens (tertiary/aromatic N) is 5. The number of nitrogens with one attached hydrogen (secondary N) is 2. The lowest BCUT2D eigenvalue weighted by Crippen LogP contribution is -3.00. The van der Waals surface area contributed by atoms with E-state index < -0.39 is 6.16 Å². The average Bonchev–Trinajstić information content (AvgIpc) is 3.14. The number of quaternary nitrogens is 1. The third kappa shape index (κ3) is 10.3. The van der Waals surface area contributed by atoms with Crippen LogP contribution in [0.2, 0.25) is 0 Å². The quantitative estimate of drug-likeness (QED) is 0.116. The molecule has 0 radical (unpaired) electrons. The number of likely N-dealkylation sites (N-methyl/N-ethyl adjacent to an activating group) is 1. The zero-order valence-electron chi connectivity index (χ0n) is 29.0. The van der Waals surface area contributed by atoms with Gasteiger partial charge in [-0.2, -0.15) is 0 Å². The summed E-state index contributed by atoms with van der Waals surface area (Å²) in [6, 6.07) is 28.7. The molecule has 1 unspecified atom stereocenters. The van der Waals surface area contributed by atoms with Crippen molar-refractivity contribution in [1.82, 2.24) is 19.9 Å². The van der Waals surface area contributed by atoms with Crippen LogP contribution in [0.3, 0.4) is 0 Å². The van der Waals surface area contributed by atoms with Crippen molar-refractivity contribution in [3.8, 4) is 11.3 Å². The fourth-order valence-electron chi connectivity index (χ4n) is 5.73. The first-order valence-corrected chi connectivity index (χ1v) is 16.7. The Kier molecular flexibility index (Phi) is 12.7. The van der Waals surface area contributed by atoms with E-state index in [1.54, 1.807) is 18.6 Å². The molecule has 11 nitrogen and oxygen atoms in total. The maximum absolute atomic E-state index is 13.2. The lowest BCUT2D eigenvalue weighted by molar-refractivity contribution is -0.929. The van der Waals surface area contributed by atoms with Gasteiger partial charge in [0.25, 0.3) is 5.91 Å². The number of benzene rings is 3. The van der Waals surface area contributed by atoms with Crippen molar-refractivity contribution >= 4 is 29.4 Å². The van der Waals surface area contributed by atoms with Crippen LogP contribution in [0.1, 0.15) is 40.1 Å². The molecule has 3 heterocycles. The van der Waals surface area contributed by atoms with Crippen molar-refractivity contribution in [2.45, 2.75) is 26.5 Å².